The molecule has 0 amide bonds. The van der Waals surface area contributed by atoms with Crippen LogP contribution in [0.1, 0.15) is 11.1 Å². The molecule has 0 atom stereocenters. The molecule has 0 saturated heterocycles. The predicted molar refractivity (Wildman–Crippen MR) is 98.4 cm³/mol. The zero-order valence-electron chi connectivity index (χ0n) is 13.8. The fourth-order valence-electron chi connectivity index (χ4n) is 2.62. The Labute approximate surface area is 143 Å². The maximum atomic E-state index is 3.50. The summed E-state index contributed by atoms with van der Waals surface area (Å²) in [6, 6.07) is 17.6. The molecule has 0 radical (unpaired) electrons. The first-order valence-electron chi connectivity index (χ1n) is 7.49. The summed E-state index contributed by atoms with van der Waals surface area (Å²) in [5.74, 6) is 0. The van der Waals surface area contributed by atoms with Gasteiger partial charge >= 0.3 is 143 Å². The van der Waals surface area contributed by atoms with Gasteiger partial charge in [-0.05, 0) is 0 Å². The minimum absolute atomic E-state index is 0.873. The fraction of sp³-hybridized carbons (Fsp3) is 0.333. The van der Waals surface area contributed by atoms with Gasteiger partial charge < -0.3 is 0 Å². The monoisotopic (exact) mass is 376 g/mol. The van der Waals surface area contributed by atoms with E-state index in [4.69, 9.17) is 0 Å². The van der Waals surface area contributed by atoms with E-state index < -0.39 is 6.94 Å². The third-order valence-corrected chi connectivity index (χ3v) is 8.20. The first-order chi connectivity index (χ1) is 10.5. The van der Waals surface area contributed by atoms with Crippen LogP contribution in [0.3, 0.4) is 0 Å². The molecule has 0 aliphatic heterocycles. The van der Waals surface area contributed by atoms with Gasteiger partial charge in [0.05, 0.1) is 0 Å². The molecule has 0 aromatic heterocycles. The van der Waals surface area contributed by atoms with E-state index in [2.05, 4.69) is 101 Å². The van der Waals surface area contributed by atoms with Crippen LogP contribution in [0, 0.1) is 0 Å². The standard InChI is InChI=1S/C18H24N2SeSi/c1-19(2)13-15-9-8-10-16(14-20(3)4)18(15)22(21)17-11-6-5-7-12-17/h5-12H,13-14H2,1-4H3. The Bertz CT molecular complexity index is 611. The van der Waals surface area contributed by atoms with Crippen molar-refractivity contribution in [3.05, 3.63) is 59.7 Å². The summed E-state index contributed by atoms with van der Waals surface area (Å²) in [6.45, 7) is 1.10. The Morgan fingerprint density at radius 2 is 1.27 bits per heavy atom. The quantitative estimate of drug-likeness (QED) is 0.698. The van der Waals surface area contributed by atoms with Gasteiger partial charge in [0.15, 0.2) is 0 Å². The average molecular weight is 375 g/mol. The van der Waals surface area contributed by atoms with E-state index in [1.165, 1.54) is 21.5 Å². The Hall–Kier alpha value is -0.904. The molecule has 2 aromatic rings. The van der Waals surface area contributed by atoms with E-state index in [9.17, 15) is 0 Å². The molecule has 0 spiro atoms. The van der Waals surface area contributed by atoms with Gasteiger partial charge in [-0.15, -0.1) is 0 Å². The Balaban J connectivity index is 2.51. The Morgan fingerprint density at radius 3 is 1.73 bits per heavy atom. The fourth-order valence-corrected chi connectivity index (χ4v) is 6.82. The summed E-state index contributed by atoms with van der Waals surface area (Å²) < 4.78 is 0. The summed E-state index contributed by atoms with van der Waals surface area (Å²) in [7, 11) is 8.54. The second-order valence-corrected chi connectivity index (χ2v) is 10.4. The summed E-state index contributed by atoms with van der Waals surface area (Å²) >= 11 is 3.50. The zero-order chi connectivity index (χ0) is 16.1. The van der Waals surface area contributed by atoms with Gasteiger partial charge in [0, 0.05) is 0 Å². The van der Waals surface area contributed by atoms with Crippen molar-refractivity contribution in [1.82, 2.24) is 9.80 Å². The van der Waals surface area contributed by atoms with Crippen molar-refractivity contribution in [3.63, 3.8) is 0 Å². The van der Waals surface area contributed by atoms with Crippen molar-refractivity contribution < 1.29 is 0 Å². The number of rotatable bonds is 6. The van der Waals surface area contributed by atoms with Crippen molar-refractivity contribution in [3.8, 4) is 0 Å². The molecule has 2 nitrogen and oxygen atoms in total. The number of hydrogen-bond donors (Lipinski definition) is 0. The number of hydrogen-bond acceptors (Lipinski definition) is 2. The van der Waals surface area contributed by atoms with Crippen molar-refractivity contribution >= 4 is 32.2 Å². The van der Waals surface area contributed by atoms with Crippen LogP contribution in [0.2, 0.25) is 0 Å². The van der Waals surface area contributed by atoms with Crippen molar-refractivity contribution in [2.24, 2.45) is 0 Å². The van der Waals surface area contributed by atoms with E-state index in [0.717, 1.165) is 13.1 Å². The number of nitrogens with zero attached hydrogens (tertiary/aromatic N) is 2. The third-order valence-electron chi connectivity index (χ3n) is 3.47. The zero-order valence-corrected chi connectivity index (χ0v) is 16.5. The number of benzene rings is 2. The molecule has 22 heavy (non-hydrogen) atoms. The van der Waals surface area contributed by atoms with Crippen LogP contribution in [-0.4, -0.2) is 59.8 Å². The SMILES string of the molecule is CN(C)Cc1cccc(CN(C)C)c1[Si](=[Se])c1ccccc1. The molecule has 0 heterocycles. The molecule has 2 rings (SSSR count). The van der Waals surface area contributed by atoms with Crippen LogP contribution >= 0.6 is 0 Å². The molecular formula is C18H24N2SeSi. The van der Waals surface area contributed by atoms with E-state index in [-0.39, 0.29) is 0 Å². The van der Waals surface area contributed by atoms with Gasteiger partial charge in [-0.2, -0.15) is 0 Å². The third kappa shape index (κ3) is 4.54. The molecule has 0 fully saturated rings. The van der Waals surface area contributed by atoms with Gasteiger partial charge in [0.1, 0.15) is 0 Å². The van der Waals surface area contributed by atoms with Crippen molar-refractivity contribution in [2.75, 3.05) is 28.2 Å². The minimum atomic E-state index is -0.873. The van der Waals surface area contributed by atoms with Crippen molar-refractivity contribution in [1.29, 1.82) is 0 Å². The molecule has 0 bridgehead atoms. The molecule has 0 N–H and O–H groups in total. The van der Waals surface area contributed by atoms with Crippen LogP contribution in [0.4, 0.5) is 0 Å². The van der Waals surface area contributed by atoms with Crippen LogP contribution in [0.5, 0.6) is 0 Å². The predicted octanol–water partition coefficient (Wildman–Crippen LogP) is 1.08. The van der Waals surface area contributed by atoms with Crippen LogP contribution in [0.25, 0.3) is 0 Å². The molecule has 0 aliphatic rings. The Kier molecular flexibility index (Phi) is 6.42. The average Bonchev–Trinajstić information content (AvgIpc) is 2.46. The van der Waals surface area contributed by atoms with Crippen LogP contribution in [0.15, 0.2) is 48.5 Å². The van der Waals surface area contributed by atoms with E-state index >= 15 is 0 Å². The molecule has 116 valence electrons. The van der Waals surface area contributed by atoms with Gasteiger partial charge in [-0.3, -0.25) is 0 Å². The topological polar surface area (TPSA) is 6.48 Å². The summed E-state index contributed by atoms with van der Waals surface area (Å²) in [6.07, 6.45) is 0. The normalized spacial score (nSPS) is 11.2. The second-order valence-electron chi connectivity index (χ2n) is 6.12. The first kappa shape index (κ1) is 17.5. The molecule has 0 saturated carbocycles. The van der Waals surface area contributed by atoms with Gasteiger partial charge in [-0.1, -0.05) is 0 Å². The summed E-state index contributed by atoms with van der Waals surface area (Å²) in [5, 5.41) is 2.96. The molecule has 0 unspecified atom stereocenters. The van der Waals surface area contributed by atoms with Crippen LogP contribution in [-0.2, 0) is 13.1 Å². The summed E-state index contributed by atoms with van der Waals surface area (Å²) in [5.41, 5.74) is 2.89. The van der Waals surface area contributed by atoms with Crippen molar-refractivity contribution in [2.45, 2.75) is 13.1 Å². The van der Waals surface area contributed by atoms with Crippen LogP contribution < -0.4 is 10.4 Å². The summed E-state index contributed by atoms with van der Waals surface area (Å²) in [4.78, 5) is 4.50. The first-order valence-corrected chi connectivity index (χ1v) is 11.5. The van der Waals surface area contributed by atoms with Gasteiger partial charge in [0.25, 0.3) is 0 Å². The van der Waals surface area contributed by atoms with E-state index in [0.29, 0.717) is 0 Å². The molecule has 4 heteroatoms. The van der Waals surface area contributed by atoms with E-state index in [1.807, 2.05) is 0 Å². The molecule has 2 aromatic carbocycles. The maximum absolute atomic E-state index is 3.50. The van der Waals surface area contributed by atoms with Gasteiger partial charge in [0.2, 0.25) is 0 Å². The van der Waals surface area contributed by atoms with Gasteiger partial charge in [-0.25, -0.2) is 0 Å². The molecule has 0 aliphatic carbocycles. The Morgan fingerprint density at radius 1 is 0.773 bits per heavy atom. The molecular weight excluding hydrogens is 351 g/mol. The second kappa shape index (κ2) is 8.09. The van der Waals surface area contributed by atoms with E-state index in [1.54, 1.807) is 0 Å².